The van der Waals surface area contributed by atoms with Gasteiger partial charge in [0.05, 0.1) is 5.52 Å². The molecule has 1 nitrogen and oxygen atoms in total. The monoisotopic (exact) mass is 155 g/mol. The Morgan fingerprint density at radius 3 is 2.75 bits per heavy atom. The SMILES string of the molecule is c1cnc2cc3c(cc2c1)CC3. The van der Waals surface area contributed by atoms with Gasteiger partial charge >= 0.3 is 0 Å². The molecule has 0 fully saturated rings. The van der Waals surface area contributed by atoms with Crippen LogP contribution in [-0.2, 0) is 12.8 Å². The Balaban J connectivity index is 2.43. The Hall–Kier alpha value is -1.37. The second-order valence-electron chi connectivity index (χ2n) is 3.32. The van der Waals surface area contributed by atoms with Gasteiger partial charge in [0.2, 0.25) is 0 Å². The number of pyridine rings is 1. The lowest BCUT2D eigenvalue weighted by atomic mass is 9.87. The summed E-state index contributed by atoms with van der Waals surface area (Å²) in [6.45, 7) is 0. The van der Waals surface area contributed by atoms with E-state index in [1.165, 1.54) is 29.4 Å². The van der Waals surface area contributed by atoms with Crippen LogP contribution in [0.4, 0.5) is 0 Å². The van der Waals surface area contributed by atoms with Crippen molar-refractivity contribution in [1.29, 1.82) is 0 Å². The summed E-state index contributed by atoms with van der Waals surface area (Å²) in [7, 11) is 0. The van der Waals surface area contributed by atoms with Crippen molar-refractivity contribution in [3.63, 3.8) is 0 Å². The van der Waals surface area contributed by atoms with Gasteiger partial charge in [0.15, 0.2) is 0 Å². The summed E-state index contributed by atoms with van der Waals surface area (Å²) in [4.78, 5) is 4.32. The zero-order valence-corrected chi connectivity index (χ0v) is 6.75. The highest BCUT2D eigenvalue weighted by Crippen LogP contribution is 2.26. The second-order valence-corrected chi connectivity index (χ2v) is 3.32. The molecule has 0 bridgehead atoms. The Morgan fingerprint density at radius 1 is 1.08 bits per heavy atom. The standard InChI is InChI=1S/C11H9N/c1-2-10-6-8-3-4-9(8)7-11(10)12-5-1/h1-2,5-7H,3-4H2. The van der Waals surface area contributed by atoms with E-state index < -0.39 is 0 Å². The molecule has 12 heavy (non-hydrogen) atoms. The predicted molar refractivity (Wildman–Crippen MR) is 49.2 cm³/mol. The van der Waals surface area contributed by atoms with E-state index in [-0.39, 0.29) is 0 Å². The maximum atomic E-state index is 4.32. The number of hydrogen-bond acceptors (Lipinski definition) is 1. The van der Waals surface area contributed by atoms with Gasteiger partial charge in [-0.2, -0.15) is 0 Å². The third kappa shape index (κ3) is 0.708. The molecule has 1 aliphatic carbocycles. The second kappa shape index (κ2) is 2.07. The van der Waals surface area contributed by atoms with E-state index in [9.17, 15) is 0 Å². The molecule has 1 heterocycles. The topological polar surface area (TPSA) is 12.9 Å². The highest BCUT2D eigenvalue weighted by atomic mass is 14.6. The molecule has 1 aliphatic rings. The van der Waals surface area contributed by atoms with E-state index in [0.717, 1.165) is 5.52 Å². The highest BCUT2D eigenvalue weighted by molar-refractivity contribution is 5.80. The summed E-state index contributed by atoms with van der Waals surface area (Å²) >= 11 is 0. The Kier molecular flexibility index (Phi) is 1.06. The lowest BCUT2D eigenvalue weighted by Crippen LogP contribution is -2.07. The molecule has 0 saturated carbocycles. The molecule has 1 aromatic carbocycles. The summed E-state index contributed by atoms with van der Waals surface area (Å²) in [6.07, 6.45) is 4.34. The molecule has 0 aliphatic heterocycles. The Morgan fingerprint density at radius 2 is 1.92 bits per heavy atom. The van der Waals surface area contributed by atoms with Gasteiger partial charge in [-0.3, -0.25) is 4.98 Å². The van der Waals surface area contributed by atoms with Gasteiger partial charge in [-0.15, -0.1) is 0 Å². The van der Waals surface area contributed by atoms with Crippen LogP contribution < -0.4 is 0 Å². The van der Waals surface area contributed by atoms with E-state index in [0.29, 0.717) is 0 Å². The first-order chi connectivity index (χ1) is 5.93. The van der Waals surface area contributed by atoms with Crippen LogP contribution in [0, 0.1) is 0 Å². The average molecular weight is 155 g/mol. The molecule has 3 rings (SSSR count). The predicted octanol–water partition coefficient (Wildman–Crippen LogP) is 2.33. The average Bonchev–Trinajstić information content (AvgIpc) is 2.09. The lowest BCUT2D eigenvalue weighted by molar-refractivity contribution is 0.843. The normalized spacial score (nSPS) is 14.0. The van der Waals surface area contributed by atoms with Gasteiger partial charge in [-0.25, -0.2) is 0 Å². The highest BCUT2D eigenvalue weighted by Gasteiger charge is 2.13. The van der Waals surface area contributed by atoms with Crippen LogP contribution in [0.25, 0.3) is 10.9 Å². The number of aromatic nitrogens is 1. The van der Waals surface area contributed by atoms with Gasteiger partial charge in [-0.1, -0.05) is 6.07 Å². The van der Waals surface area contributed by atoms with Crippen LogP contribution in [0.1, 0.15) is 11.1 Å². The number of benzene rings is 1. The first-order valence-corrected chi connectivity index (χ1v) is 4.30. The van der Waals surface area contributed by atoms with Crippen molar-refractivity contribution >= 4 is 10.9 Å². The van der Waals surface area contributed by atoms with Crippen LogP contribution in [0.2, 0.25) is 0 Å². The molecule has 0 radical (unpaired) electrons. The molecule has 0 amide bonds. The minimum absolute atomic E-state index is 1.14. The van der Waals surface area contributed by atoms with Crippen LogP contribution in [0.5, 0.6) is 0 Å². The molecule has 0 atom stereocenters. The van der Waals surface area contributed by atoms with Crippen molar-refractivity contribution in [3.05, 3.63) is 41.6 Å². The van der Waals surface area contributed by atoms with Crippen molar-refractivity contribution in [2.24, 2.45) is 0 Å². The van der Waals surface area contributed by atoms with Gasteiger partial charge < -0.3 is 0 Å². The molecular formula is C11H9N. The maximum Gasteiger partial charge on any atom is 0.0704 e. The van der Waals surface area contributed by atoms with E-state index >= 15 is 0 Å². The molecule has 0 unspecified atom stereocenters. The third-order valence-electron chi connectivity index (χ3n) is 2.59. The number of hydrogen-bond donors (Lipinski definition) is 0. The first kappa shape index (κ1) is 6.18. The van der Waals surface area contributed by atoms with Crippen LogP contribution in [-0.4, -0.2) is 4.98 Å². The summed E-state index contributed by atoms with van der Waals surface area (Å²) < 4.78 is 0. The van der Waals surface area contributed by atoms with E-state index in [1.807, 2.05) is 12.3 Å². The number of aryl methyl sites for hydroxylation is 2. The summed E-state index contributed by atoms with van der Waals surface area (Å²) in [5, 5.41) is 1.27. The summed E-state index contributed by atoms with van der Waals surface area (Å²) in [5.41, 5.74) is 4.13. The maximum absolute atomic E-state index is 4.32. The van der Waals surface area contributed by atoms with E-state index in [4.69, 9.17) is 0 Å². The number of fused-ring (bicyclic) bond motifs is 2. The first-order valence-electron chi connectivity index (χ1n) is 4.30. The van der Waals surface area contributed by atoms with Crippen molar-refractivity contribution in [2.45, 2.75) is 12.8 Å². The summed E-state index contributed by atoms with van der Waals surface area (Å²) in [6, 6.07) is 8.60. The fraction of sp³-hybridized carbons (Fsp3) is 0.182. The number of rotatable bonds is 0. The van der Waals surface area contributed by atoms with Crippen molar-refractivity contribution < 1.29 is 0 Å². The molecule has 1 aromatic heterocycles. The summed E-state index contributed by atoms with van der Waals surface area (Å²) in [5.74, 6) is 0. The van der Waals surface area contributed by atoms with Gasteiger partial charge in [0.25, 0.3) is 0 Å². The molecule has 0 saturated heterocycles. The molecule has 1 heteroatoms. The molecular weight excluding hydrogens is 146 g/mol. The minimum Gasteiger partial charge on any atom is -0.256 e. The number of nitrogens with zero attached hydrogens (tertiary/aromatic N) is 1. The largest absolute Gasteiger partial charge is 0.256 e. The molecule has 0 spiro atoms. The fourth-order valence-electron chi connectivity index (χ4n) is 1.77. The quantitative estimate of drug-likeness (QED) is 0.569. The molecule has 58 valence electrons. The fourth-order valence-corrected chi connectivity index (χ4v) is 1.77. The third-order valence-corrected chi connectivity index (χ3v) is 2.59. The van der Waals surface area contributed by atoms with Crippen molar-refractivity contribution in [1.82, 2.24) is 4.98 Å². The van der Waals surface area contributed by atoms with E-state index in [1.54, 1.807) is 0 Å². The van der Waals surface area contributed by atoms with Crippen LogP contribution >= 0.6 is 0 Å². The molecule has 2 aromatic rings. The van der Waals surface area contributed by atoms with Crippen molar-refractivity contribution in [2.75, 3.05) is 0 Å². The zero-order valence-electron chi connectivity index (χ0n) is 6.75. The lowest BCUT2D eigenvalue weighted by Gasteiger charge is -2.18. The smallest absolute Gasteiger partial charge is 0.0704 e. The van der Waals surface area contributed by atoms with Crippen LogP contribution in [0.15, 0.2) is 30.5 Å². The van der Waals surface area contributed by atoms with E-state index in [2.05, 4.69) is 23.2 Å². The zero-order chi connectivity index (χ0) is 7.97. The van der Waals surface area contributed by atoms with Gasteiger partial charge in [-0.05, 0) is 42.2 Å². The molecule has 0 N–H and O–H groups in total. The van der Waals surface area contributed by atoms with Crippen molar-refractivity contribution in [3.8, 4) is 0 Å². The van der Waals surface area contributed by atoms with Gasteiger partial charge in [0, 0.05) is 11.6 Å². The Labute approximate surface area is 71.1 Å². The minimum atomic E-state index is 1.14. The van der Waals surface area contributed by atoms with Crippen LogP contribution in [0.3, 0.4) is 0 Å². The van der Waals surface area contributed by atoms with Gasteiger partial charge in [0.1, 0.15) is 0 Å². The Bertz CT molecular complexity index is 403.